The minimum absolute atomic E-state index is 0.171. The summed E-state index contributed by atoms with van der Waals surface area (Å²) in [5.41, 5.74) is 4.01. The number of fused-ring (bicyclic) bond motifs is 1. The smallest absolute Gasteiger partial charge is 0.338 e. The number of methoxy groups -OCH3 is 1. The molecule has 0 fully saturated rings. The Labute approximate surface area is 269 Å². The monoisotopic (exact) mass is 627 g/mol. The molecule has 1 aromatic heterocycles. The average molecular weight is 628 g/mol. The maximum absolute atomic E-state index is 14.2. The number of nitriles is 1. The Morgan fingerprint density at radius 3 is 2.48 bits per heavy atom. The van der Waals surface area contributed by atoms with Crippen LogP contribution in [0.4, 0.5) is 0 Å². The van der Waals surface area contributed by atoms with Crippen LogP contribution in [-0.4, -0.2) is 24.3 Å². The van der Waals surface area contributed by atoms with E-state index >= 15 is 0 Å². The van der Waals surface area contributed by atoms with Crippen LogP contribution in [0.3, 0.4) is 0 Å². The molecule has 0 saturated carbocycles. The highest BCUT2D eigenvalue weighted by molar-refractivity contribution is 7.07. The van der Waals surface area contributed by atoms with Gasteiger partial charge in [-0.05, 0) is 54.5 Å². The number of aromatic nitrogens is 1. The van der Waals surface area contributed by atoms with E-state index in [9.17, 15) is 14.9 Å². The molecule has 8 nitrogen and oxygen atoms in total. The summed E-state index contributed by atoms with van der Waals surface area (Å²) in [7, 11) is 1.58. The fraction of sp³-hybridized carbons (Fsp3) is 0.135. The molecule has 0 N–H and O–H groups in total. The van der Waals surface area contributed by atoms with E-state index < -0.39 is 12.0 Å². The quantitative estimate of drug-likeness (QED) is 0.203. The Morgan fingerprint density at radius 1 is 0.978 bits per heavy atom. The van der Waals surface area contributed by atoms with E-state index in [2.05, 4.69) is 6.07 Å². The summed E-state index contributed by atoms with van der Waals surface area (Å²) in [6.07, 6.45) is 1.79. The van der Waals surface area contributed by atoms with Gasteiger partial charge in [0.05, 0.1) is 47.2 Å². The van der Waals surface area contributed by atoms with E-state index in [0.29, 0.717) is 37.7 Å². The molecule has 1 aliphatic rings. The highest BCUT2D eigenvalue weighted by atomic mass is 32.1. The van der Waals surface area contributed by atoms with Gasteiger partial charge in [0.25, 0.3) is 5.56 Å². The number of benzene rings is 4. The predicted octanol–water partition coefficient (Wildman–Crippen LogP) is 5.39. The maximum atomic E-state index is 14.2. The van der Waals surface area contributed by atoms with Crippen molar-refractivity contribution in [2.75, 3.05) is 13.7 Å². The van der Waals surface area contributed by atoms with Gasteiger partial charge in [-0.15, -0.1) is 0 Å². The van der Waals surface area contributed by atoms with E-state index in [1.807, 2.05) is 84.9 Å². The van der Waals surface area contributed by atoms with Crippen LogP contribution in [0.25, 0.3) is 11.8 Å². The molecule has 46 heavy (non-hydrogen) atoms. The first kappa shape index (κ1) is 30.3. The lowest BCUT2D eigenvalue weighted by Gasteiger charge is -2.26. The summed E-state index contributed by atoms with van der Waals surface area (Å²) in [6.45, 7) is 2.15. The fourth-order valence-electron chi connectivity index (χ4n) is 5.30. The predicted molar refractivity (Wildman–Crippen MR) is 176 cm³/mol. The minimum atomic E-state index is -0.784. The number of thiazole rings is 1. The van der Waals surface area contributed by atoms with Gasteiger partial charge in [0, 0.05) is 11.1 Å². The van der Waals surface area contributed by atoms with Crippen LogP contribution < -0.4 is 24.4 Å². The van der Waals surface area contributed by atoms with Gasteiger partial charge in [-0.2, -0.15) is 5.26 Å². The molecular formula is C37H29N3O5S. The third kappa shape index (κ3) is 6.11. The number of rotatable bonds is 9. The van der Waals surface area contributed by atoms with Crippen molar-refractivity contribution in [3.63, 3.8) is 0 Å². The molecular weight excluding hydrogens is 598 g/mol. The van der Waals surface area contributed by atoms with Crippen LogP contribution in [0.2, 0.25) is 0 Å². The van der Waals surface area contributed by atoms with Crippen molar-refractivity contribution in [3.05, 3.63) is 156 Å². The number of esters is 1. The standard InChI is InChI=1S/C37H29N3O5S/c1-3-44-36(42)32-33(25-11-5-4-6-12-25)39-37-40(34(32)26-16-18-29(43-2)19-17-26)35(41)31(46-37)21-24-10-9-15-30(20-24)45-23-28-14-8-7-13-27(28)22-38/h4-21,34H,3,23H2,1-2H3/b31-21-/t34-/m0/s1. The summed E-state index contributed by atoms with van der Waals surface area (Å²) >= 11 is 1.25. The van der Waals surface area contributed by atoms with Gasteiger partial charge in [-0.1, -0.05) is 84.1 Å². The fourth-order valence-corrected chi connectivity index (χ4v) is 6.30. The van der Waals surface area contributed by atoms with Crippen LogP contribution in [0, 0.1) is 11.3 Å². The normalized spacial score (nSPS) is 14.2. The molecule has 0 unspecified atom stereocenters. The second kappa shape index (κ2) is 13.5. The van der Waals surface area contributed by atoms with E-state index in [-0.39, 0.29) is 24.3 Å². The first-order valence-electron chi connectivity index (χ1n) is 14.6. The SMILES string of the molecule is CCOC(=O)C1=C(c2ccccc2)N=c2s/c(=C\c3cccc(OCc4ccccc4C#N)c3)c(=O)n2[C@H]1c1ccc(OC)cc1. The molecule has 6 rings (SSSR count). The number of carbonyl (C=O) groups is 1. The molecule has 0 bridgehead atoms. The third-order valence-corrected chi connectivity index (χ3v) is 8.48. The lowest BCUT2D eigenvalue weighted by atomic mass is 9.93. The van der Waals surface area contributed by atoms with Crippen LogP contribution in [0.5, 0.6) is 11.5 Å². The van der Waals surface area contributed by atoms with Crippen molar-refractivity contribution in [2.45, 2.75) is 19.6 Å². The molecule has 1 aliphatic heterocycles. The highest BCUT2D eigenvalue weighted by Gasteiger charge is 2.35. The zero-order valence-corrected chi connectivity index (χ0v) is 26.0. The molecule has 228 valence electrons. The molecule has 0 aliphatic carbocycles. The molecule has 0 amide bonds. The van der Waals surface area contributed by atoms with Gasteiger partial charge in [-0.25, -0.2) is 9.79 Å². The Kier molecular flexibility index (Phi) is 8.90. The van der Waals surface area contributed by atoms with Gasteiger partial charge in [0.1, 0.15) is 18.1 Å². The number of hydrogen-bond acceptors (Lipinski definition) is 8. The van der Waals surface area contributed by atoms with Gasteiger partial charge >= 0.3 is 5.97 Å². The largest absolute Gasteiger partial charge is 0.497 e. The van der Waals surface area contributed by atoms with Crippen molar-refractivity contribution >= 4 is 29.1 Å². The van der Waals surface area contributed by atoms with E-state index in [4.69, 9.17) is 19.2 Å². The highest BCUT2D eigenvalue weighted by Crippen LogP contribution is 2.35. The van der Waals surface area contributed by atoms with Crippen LogP contribution >= 0.6 is 11.3 Å². The van der Waals surface area contributed by atoms with Gasteiger partial charge in [-0.3, -0.25) is 9.36 Å². The van der Waals surface area contributed by atoms with Gasteiger partial charge in [0.15, 0.2) is 4.80 Å². The second-order valence-electron chi connectivity index (χ2n) is 10.3. The van der Waals surface area contributed by atoms with E-state index in [1.165, 1.54) is 11.3 Å². The zero-order valence-electron chi connectivity index (χ0n) is 25.2. The second-order valence-corrected chi connectivity index (χ2v) is 11.3. The lowest BCUT2D eigenvalue weighted by molar-refractivity contribution is -0.138. The van der Waals surface area contributed by atoms with E-state index in [0.717, 1.165) is 16.7 Å². The molecule has 5 aromatic rings. The van der Waals surface area contributed by atoms with Crippen molar-refractivity contribution in [2.24, 2.45) is 4.99 Å². The Hall–Kier alpha value is -5.72. The summed E-state index contributed by atoms with van der Waals surface area (Å²) in [5, 5.41) is 9.41. The average Bonchev–Trinajstić information content (AvgIpc) is 3.41. The zero-order chi connectivity index (χ0) is 32.0. The topological polar surface area (TPSA) is 103 Å². The summed E-state index contributed by atoms with van der Waals surface area (Å²) in [4.78, 5) is 33.2. The Morgan fingerprint density at radius 2 is 1.74 bits per heavy atom. The van der Waals surface area contributed by atoms with Crippen LogP contribution in [-0.2, 0) is 16.1 Å². The molecule has 2 heterocycles. The first-order chi connectivity index (χ1) is 22.5. The van der Waals surface area contributed by atoms with Gasteiger partial charge < -0.3 is 14.2 Å². The van der Waals surface area contributed by atoms with Crippen molar-refractivity contribution in [1.82, 2.24) is 4.57 Å². The number of hydrogen-bond donors (Lipinski definition) is 0. The van der Waals surface area contributed by atoms with Crippen LogP contribution in [0.1, 0.15) is 40.8 Å². The molecule has 0 radical (unpaired) electrons. The first-order valence-corrected chi connectivity index (χ1v) is 15.5. The van der Waals surface area contributed by atoms with Crippen molar-refractivity contribution in [3.8, 4) is 17.6 Å². The van der Waals surface area contributed by atoms with Gasteiger partial charge in [0.2, 0.25) is 0 Å². The number of carbonyl (C=O) groups excluding carboxylic acids is 1. The maximum Gasteiger partial charge on any atom is 0.338 e. The molecule has 9 heteroatoms. The van der Waals surface area contributed by atoms with Crippen molar-refractivity contribution in [1.29, 1.82) is 5.26 Å². The third-order valence-electron chi connectivity index (χ3n) is 7.49. The summed E-state index contributed by atoms with van der Waals surface area (Å²) < 4.78 is 18.9. The summed E-state index contributed by atoms with van der Waals surface area (Å²) in [5.74, 6) is 0.712. The molecule has 4 aromatic carbocycles. The van der Waals surface area contributed by atoms with E-state index in [1.54, 1.807) is 42.9 Å². The molecule has 1 atom stereocenters. The number of nitrogens with zero attached hydrogens (tertiary/aromatic N) is 3. The molecule has 0 spiro atoms. The van der Waals surface area contributed by atoms with Crippen molar-refractivity contribution < 1.29 is 19.0 Å². The van der Waals surface area contributed by atoms with Crippen LogP contribution in [0.15, 0.2) is 118 Å². The molecule has 0 saturated heterocycles. The lowest BCUT2D eigenvalue weighted by Crippen LogP contribution is -2.40. The Bertz CT molecular complexity index is 2160. The number of ether oxygens (including phenoxy) is 3. The minimum Gasteiger partial charge on any atom is -0.497 e. The Balaban J connectivity index is 1.47. The summed E-state index contributed by atoms with van der Waals surface area (Å²) in [6, 6.07) is 32.8.